The zero-order valence-electron chi connectivity index (χ0n) is 9.13. The van der Waals surface area contributed by atoms with Gasteiger partial charge in [0.1, 0.15) is 0 Å². The molecule has 0 aromatic heterocycles. The molecule has 0 N–H and O–H groups in total. The van der Waals surface area contributed by atoms with Gasteiger partial charge < -0.3 is 4.90 Å². The molecule has 2 rings (SSSR count). The van der Waals surface area contributed by atoms with Crippen LogP contribution in [0.2, 0.25) is 0 Å². The third-order valence-corrected chi connectivity index (χ3v) is 4.24. The molecule has 0 atom stereocenters. The summed E-state index contributed by atoms with van der Waals surface area (Å²) in [6, 6.07) is 6.11. The lowest BCUT2D eigenvalue weighted by Crippen LogP contribution is -2.34. The number of hydrogen-bond donors (Lipinski definition) is 0. The standard InChI is InChI=1S/C12H12Br3NO/c13-5-6-16(9-2-3-9)12(17)10-4-1-8(14)7-11(10)15/h1,4,7,9H,2-3,5-6H2. The predicted octanol–water partition coefficient (Wildman–Crippen LogP) is 4.21. The predicted molar refractivity (Wildman–Crippen MR) is 79.7 cm³/mol. The molecule has 1 fully saturated rings. The lowest BCUT2D eigenvalue weighted by molar-refractivity contribution is 0.0754. The van der Waals surface area contributed by atoms with Gasteiger partial charge in [0, 0.05) is 26.9 Å². The first-order valence-electron chi connectivity index (χ1n) is 5.45. The van der Waals surface area contributed by atoms with Crippen LogP contribution in [0, 0.1) is 0 Å². The summed E-state index contributed by atoms with van der Waals surface area (Å²) in [5.41, 5.74) is 0.737. The molecule has 1 aliphatic rings. The third kappa shape index (κ3) is 3.32. The third-order valence-electron chi connectivity index (χ3n) is 2.74. The molecule has 0 unspecified atom stereocenters. The Bertz CT molecular complexity index is 432. The van der Waals surface area contributed by atoms with Gasteiger partial charge in [0.2, 0.25) is 0 Å². The normalized spacial score (nSPS) is 14.8. The van der Waals surface area contributed by atoms with Crippen molar-refractivity contribution in [3.8, 4) is 0 Å². The number of hydrogen-bond acceptors (Lipinski definition) is 1. The molecule has 1 saturated carbocycles. The second-order valence-electron chi connectivity index (χ2n) is 4.04. The fraction of sp³-hybridized carbons (Fsp3) is 0.417. The van der Waals surface area contributed by atoms with Gasteiger partial charge in [0.15, 0.2) is 0 Å². The van der Waals surface area contributed by atoms with Crippen molar-refractivity contribution in [1.82, 2.24) is 4.90 Å². The van der Waals surface area contributed by atoms with Crippen LogP contribution in [-0.4, -0.2) is 28.7 Å². The summed E-state index contributed by atoms with van der Waals surface area (Å²) in [6.45, 7) is 0.770. The lowest BCUT2D eigenvalue weighted by Gasteiger charge is -2.22. The van der Waals surface area contributed by atoms with Crippen LogP contribution in [0.25, 0.3) is 0 Å². The minimum absolute atomic E-state index is 0.117. The van der Waals surface area contributed by atoms with Crippen molar-refractivity contribution < 1.29 is 4.79 Å². The van der Waals surface area contributed by atoms with E-state index in [0.29, 0.717) is 6.04 Å². The van der Waals surface area contributed by atoms with E-state index in [4.69, 9.17) is 0 Å². The van der Waals surface area contributed by atoms with Gasteiger partial charge in [-0.3, -0.25) is 4.79 Å². The minimum atomic E-state index is 0.117. The van der Waals surface area contributed by atoms with Crippen LogP contribution in [-0.2, 0) is 0 Å². The summed E-state index contributed by atoms with van der Waals surface area (Å²) in [4.78, 5) is 14.4. The molecule has 0 saturated heterocycles. The molecule has 5 heteroatoms. The zero-order valence-corrected chi connectivity index (χ0v) is 13.9. The highest BCUT2D eigenvalue weighted by Crippen LogP contribution is 2.30. The van der Waals surface area contributed by atoms with Gasteiger partial charge in [0.05, 0.1) is 5.56 Å². The Hall–Kier alpha value is 0.130. The Balaban J connectivity index is 2.22. The second-order valence-corrected chi connectivity index (χ2v) is 6.61. The second kappa shape index (κ2) is 5.85. The molecule has 0 aliphatic heterocycles. The van der Waals surface area contributed by atoms with E-state index in [-0.39, 0.29) is 5.91 Å². The topological polar surface area (TPSA) is 20.3 Å². The van der Waals surface area contributed by atoms with E-state index in [9.17, 15) is 4.79 Å². The van der Waals surface area contributed by atoms with Crippen LogP contribution in [0.1, 0.15) is 23.2 Å². The van der Waals surface area contributed by atoms with Gasteiger partial charge in [-0.2, -0.15) is 0 Å². The monoisotopic (exact) mass is 423 g/mol. The minimum Gasteiger partial charge on any atom is -0.335 e. The van der Waals surface area contributed by atoms with E-state index in [2.05, 4.69) is 47.8 Å². The van der Waals surface area contributed by atoms with Crippen molar-refractivity contribution in [2.75, 3.05) is 11.9 Å². The van der Waals surface area contributed by atoms with Crippen molar-refractivity contribution in [2.45, 2.75) is 18.9 Å². The van der Waals surface area contributed by atoms with E-state index in [0.717, 1.165) is 39.2 Å². The van der Waals surface area contributed by atoms with E-state index >= 15 is 0 Å². The highest BCUT2D eigenvalue weighted by molar-refractivity contribution is 9.11. The van der Waals surface area contributed by atoms with Crippen molar-refractivity contribution in [1.29, 1.82) is 0 Å². The van der Waals surface area contributed by atoms with Crippen molar-refractivity contribution in [2.24, 2.45) is 0 Å². The lowest BCUT2D eigenvalue weighted by atomic mass is 10.2. The van der Waals surface area contributed by atoms with E-state index in [1.165, 1.54) is 0 Å². The highest BCUT2D eigenvalue weighted by Gasteiger charge is 2.33. The SMILES string of the molecule is O=C(c1ccc(Br)cc1Br)N(CCBr)C1CC1. The van der Waals surface area contributed by atoms with Gasteiger partial charge >= 0.3 is 0 Å². The van der Waals surface area contributed by atoms with Crippen LogP contribution < -0.4 is 0 Å². The molecule has 17 heavy (non-hydrogen) atoms. The Morgan fingerprint density at radius 2 is 2.06 bits per heavy atom. The molecule has 2 nitrogen and oxygen atoms in total. The summed E-state index contributed by atoms with van der Waals surface area (Å²) in [5.74, 6) is 0.117. The maximum absolute atomic E-state index is 12.4. The molecule has 92 valence electrons. The number of halogens is 3. The van der Waals surface area contributed by atoms with E-state index in [1.807, 2.05) is 23.1 Å². The molecule has 0 heterocycles. The van der Waals surface area contributed by atoms with Crippen LogP contribution in [0.3, 0.4) is 0 Å². The quantitative estimate of drug-likeness (QED) is 0.662. The average molecular weight is 426 g/mol. The maximum atomic E-state index is 12.4. The summed E-state index contributed by atoms with van der Waals surface area (Å²) in [6.07, 6.45) is 2.26. The van der Waals surface area contributed by atoms with Gasteiger partial charge in [-0.25, -0.2) is 0 Å². The van der Waals surface area contributed by atoms with Crippen LogP contribution in [0.4, 0.5) is 0 Å². The summed E-state index contributed by atoms with van der Waals surface area (Å²) in [5, 5.41) is 0.823. The zero-order chi connectivity index (χ0) is 12.4. The molecule has 1 aromatic carbocycles. The van der Waals surface area contributed by atoms with Crippen molar-refractivity contribution in [3.63, 3.8) is 0 Å². The molecule has 0 radical (unpaired) electrons. The Morgan fingerprint density at radius 3 is 2.59 bits per heavy atom. The molecular formula is C12H12Br3NO. The average Bonchev–Trinajstić information content (AvgIpc) is 3.09. The fourth-order valence-corrected chi connectivity index (χ4v) is 3.34. The molecule has 0 spiro atoms. The first kappa shape index (κ1) is 13.6. The molecule has 1 amide bonds. The maximum Gasteiger partial charge on any atom is 0.255 e. The first-order chi connectivity index (χ1) is 8.13. The molecule has 0 bridgehead atoms. The van der Waals surface area contributed by atoms with Crippen LogP contribution >= 0.6 is 47.8 Å². The van der Waals surface area contributed by atoms with Gasteiger partial charge in [0.25, 0.3) is 5.91 Å². The molecule has 1 aliphatic carbocycles. The van der Waals surface area contributed by atoms with Gasteiger partial charge in [-0.1, -0.05) is 31.9 Å². The summed E-state index contributed by atoms with van der Waals surface area (Å²) >= 11 is 10.2. The van der Waals surface area contributed by atoms with E-state index in [1.54, 1.807) is 0 Å². The Morgan fingerprint density at radius 1 is 1.35 bits per heavy atom. The number of nitrogens with zero attached hydrogens (tertiary/aromatic N) is 1. The van der Waals surface area contributed by atoms with Gasteiger partial charge in [-0.05, 0) is 47.0 Å². The number of carbonyl (C=O) groups excluding carboxylic acids is 1. The summed E-state index contributed by atoms with van der Waals surface area (Å²) < 4.78 is 1.82. The van der Waals surface area contributed by atoms with Gasteiger partial charge in [-0.15, -0.1) is 0 Å². The number of rotatable bonds is 4. The number of alkyl halides is 1. The number of amides is 1. The Labute approximate surface area is 126 Å². The Kier molecular flexibility index (Phi) is 4.66. The first-order valence-corrected chi connectivity index (χ1v) is 8.16. The molecule has 1 aromatic rings. The van der Waals surface area contributed by atoms with Crippen LogP contribution in [0.5, 0.6) is 0 Å². The van der Waals surface area contributed by atoms with Crippen LogP contribution in [0.15, 0.2) is 27.1 Å². The largest absolute Gasteiger partial charge is 0.335 e. The van der Waals surface area contributed by atoms with E-state index < -0.39 is 0 Å². The van der Waals surface area contributed by atoms with Crippen molar-refractivity contribution >= 4 is 53.7 Å². The summed E-state index contributed by atoms with van der Waals surface area (Å²) in [7, 11) is 0. The highest BCUT2D eigenvalue weighted by atomic mass is 79.9. The fourth-order valence-electron chi connectivity index (χ4n) is 1.74. The molecular weight excluding hydrogens is 414 g/mol. The number of carbonyl (C=O) groups is 1. The van der Waals surface area contributed by atoms with Crippen molar-refractivity contribution in [3.05, 3.63) is 32.7 Å². The number of benzene rings is 1. The smallest absolute Gasteiger partial charge is 0.255 e.